The van der Waals surface area contributed by atoms with Gasteiger partial charge in [0.2, 0.25) is 5.91 Å². The number of carbonyl (C=O) groups is 2. The number of hydrogen-bond donors (Lipinski definition) is 1. The summed E-state index contributed by atoms with van der Waals surface area (Å²) in [6.45, 7) is 11.5. The normalized spacial score (nSPS) is 18.0. The SMILES string of the molecule is C=CCN(CC=C)C(=O)NCCC(=O)N1CCCC[C@H]1C. The summed E-state index contributed by atoms with van der Waals surface area (Å²) in [4.78, 5) is 27.6. The van der Waals surface area contributed by atoms with Crippen LogP contribution in [0.4, 0.5) is 4.79 Å². The lowest BCUT2D eigenvalue weighted by Gasteiger charge is -2.33. The number of amides is 3. The van der Waals surface area contributed by atoms with E-state index in [0.717, 1.165) is 19.4 Å². The minimum absolute atomic E-state index is 0.126. The van der Waals surface area contributed by atoms with Gasteiger partial charge < -0.3 is 15.1 Å². The van der Waals surface area contributed by atoms with Crippen LogP contribution < -0.4 is 5.32 Å². The Morgan fingerprint density at radius 1 is 1.29 bits per heavy atom. The minimum atomic E-state index is -0.186. The van der Waals surface area contributed by atoms with Crippen molar-refractivity contribution in [3.8, 4) is 0 Å². The van der Waals surface area contributed by atoms with E-state index in [0.29, 0.717) is 32.1 Å². The van der Waals surface area contributed by atoms with Crippen molar-refractivity contribution in [2.24, 2.45) is 0 Å². The summed E-state index contributed by atoms with van der Waals surface area (Å²) in [5, 5.41) is 2.78. The van der Waals surface area contributed by atoms with E-state index in [2.05, 4.69) is 25.4 Å². The van der Waals surface area contributed by atoms with Crippen molar-refractivity contribution in [2.45, 2.75) is 38.6 Å². The summed E-state index contributed by atoms with van der Waals surface area (Å²) >= 11 is 0. The third-order valence-corrected chi connectivity index (χ3v) is 3.72. The van der Waals surface area contributed by atoms with E-state index in [-0.39, 0.29) is 11.9 Å². The van der Waals surface area contributed by atoms with E-state index in [1.165, 1.54) is 6.42 Å². The fraction of sp³-hybridized carbons (Fsp3) is 0.625. The molecule has 5 nitrogen and oxygen atoms in total. The molecule has 1 N–H and O–H groups in total. The molecule has 0 saturated carbocycles. The molecular weight excluding hydrogens is 266 g/mol. The molecule has 3 amide bonds. The Morgan fingerprint density at radius 3 is 2.52 bits per heavy atom. The first kappa shape index (κ1) is 17.3. The van der Waals surface area contributed by atoms with Crippen molar-refractivity contribution in [3.63, 3.8) is 0 Å². The lowest BCUT2D eigenvalue weighted by molar-refractivity contribution is -0.134. The van der Waals surface area contributed by atoms with Crippen LogP contribution >= 0.6 is 0 Å². The maximum absolute atomic E-state index is 12.1. The molecule has 1 fully saturated rings. The van der Waals surface area contributed by atoms with Gasteiger partial charge in [0.05, 0.1) is 0 Å². The van der Waals surface area contributed by atoms with Gasteiger partial charge in [-0.3, -0.25) is 4.79 Å². The molecule has 0 aliphatic carbocycles. The highest BCUT2D eigenvalue weighted by molar-refractivity contribution is 5.78. The van der Waals surface area contributed by atoms with Crippen molar-refractivity contribution < 1.29 is 9.59 Å². The Kier molecular flexibility index (Phi) is 7.58. The molecule has 0 aromatic rings. The maximum Gasteiger partial charge on any atom is 0.317 e. The summed E-state index contributed by atoms with van der Waals surface area (Å²) < 4.78 is 0. The monoisotopic (exact) mass is 293 g/mol. The number of nitrogens with one attached hydrogen (secondary N) is 1. The minimum Gasteiger partial charge on any atom is -0.340 e. The van der Waals surface area contributed by atoms with Crippen LogP contribution in [0, 0.1) is 0 Å². The lowest BCUT2D eigenvalue weighted by Crippen LogP contribution is -2.45. The van der Waals surface area contributed by atoms with E-state index in [1.807, 2.05) is 4.90 Å². The zero-order valence-electron chi connectivity index (χ0n) is 13.0. The molecule has 1 saturated heterocycles. The van der Waals surface area contributed by atoms with Crippen LogP contribution in [0.2, 0.25) is 0 Å². The Hall–Kier alpha value is -1.78. The number of piperidine rings is 1. The van der Waals surface area contributed by atoms with Gasteiger partial charge >= 0.3 is 6.03 Å². The second kappa shape index (κ2) is 9.21. The molecule has 0 aromatic heterocycles. The van der Waals surface area contributed by atoms with Crippen LogP contribution in [0.25, 0.3) is 0 Å². The number of nitrogens with zero attached hydrogens (tertiary/aromatic N) is 2. The van der Waals surface area contributed by atoms with Gasteiger partial charge in [0.15, 0.2) is 0 Å². The number of carbonyl (C=O) groups excluding carboxylic acids is 2. The summed E-state index contributed by atoms with van der Waals surface area (Å²) in [7, 11) is 0. The Bertz CT molecular complexity index is 372. The number of hydrogen-bond acceptors (Lipinski definition) is 2. The van der Waals surface area contributed by atoms with E-state index >= 15 is 0 Å². The highest BCUT2D eigenvalue weighted by Crippen LogP contribution is 2.16. The first-order chi connectivity index (χ1) is 10.1. The van der Waals surface area contributed by atoms with Crippen LogP contribution in [0.3, 0.4) is 0 Å². The summed E-state index contributed by atoms with van der Waals surface area (Å²) in [5.74, 6) is 0.126. The largest absolute Gasteiger partial charge is 0.340 e. The van der Waals surface area contributed by atoms with E-state index < -0.39 is 0 Å². The molecule has 0 radical (unpaired) electrons. The standard InChI is InChI=1S/C16H27N3O2/c1-4-11-18(12-5-2)16(21)17-10-9-15(20)19-13-7-6-8-14(19)3/h4-5,14H,1-2,6-13H2,3H3,(H,17,21)/t14-/m1/s1. The molecular formula is C16H27N3O2. The molecule has 1 atom stereocenters. The molecule has 0 bridgehead atoms. The van der Waals surface area contributed by atoms with Gasteiger partial charge in [0, 0.05) is 38.6 Å². The van der Waals surface area contributed by atoms with E-state index in [9.17, 15) is 9.59 Å². The van der Waals surface area contributed by atoms with Crippen molar-refractivity contribution in [1.82, 2.24) is 15.1 Å². The molecule has 1 rings (SSSR count). The average Bonchev–Trinajstić information content (AvgIpc) is 2.47. The fourth-order valence-corrected chi connectivity index (χ4v) is 2.55. The second-order valence-electron chi connectivity index (χ2n) is 5.40. The molecule has 118 valence electrons. The first-order valence-electron chi connectivity index (χ1n) is 7.64. The highest BCUT2D eigenvalue weighted by atomic mass is 16.2. The molecule has 21 heavy (non-hydrogen) atoms. The zero-order chi connectivity index (χ0) is 15.7. The average molecular weight is 293 g/mol. The van der Waals surface area contributed by atoms with Gasteiger partial charge in [-0.15, -0.1) is 13.2 Å². The molecule has 1 heterocycles. The van der Waals surface area contributed by atoms with Crippen LogP contribution in [0.1, 0.15) is 32.6 Å². The van der Waals surface area contributed by atoms with E-state index in [1.54, 1.807) is 17.1 Å². The summed E-state index contributed by atoms with van der Waals surface area (Å²) in [5.41, 5.74) is 0. The van der Waals surface area contributed by atoms with Gasteiger partial charge in [0.1, 0.15) is 0 Å². The Balaban J connectivity index is 2.34. The first-order valence-corrected chi connectivity index (χ1v) is 7.64. The Labute approximate surface area is 127 Å². The summed E-state index contributed by atoms with van der Waals surface area (Å²) in [6, 6.07) is 0.134. The Morgan fingerprint density at radius 2 is 1.95 bits per heavy atom. The molecule has 0 unspecified atom stereocenters. The van der Waals surface area contributed by atoms with Gasteiger partial charge in [-0.1, -0.05) is 12.2 Å². The zero-order valence-corrected chi connectivity index (χ0v) is 13.0. The summed E-state index contributed by atoms with van der Waals surface area (Å²) in [6.07, 6.45) is 7.04. The van der Waals surface area contributed by atoms with Gasteiger partial charge in [-0.05, 0) is 26.2 Å². The maximum atomic E-state index is 12.1. The van der Waals surface area contributed by atoms with Gasteiger partial charge in [0.25, 0.3) is 0 Å². The molecule has 0 aromatic carbocycles. The van der Waals surface area contributed by atoms with Gasteiger partial charge in [-0.25, -0.2) is 4.79 Å². The smallest absolute Gasteiger partial charge is 0.317 e. The predicted molar refractivity (Wildman–Crippen MR) is 85.0 cm³/mol. The lowest BCUT2D eigenvalue weighted by atomic mass is 10.0. The van der Waals surface area contributed by atoms with Gasteiger partial charge in [-0.2, -0.15) is 0 Å². The van der Waals surface area contributed by atoms with E-state index in [4.69, 9.17) is 0 Å². The fourth-order valence-electron chi connectivity index (χ4n) is 2.55. The second-order valence-corrected chi connectivity index (χ2v) is 5.40. The third-order valence-electron chi connectivity index (χ3n) is 3.72. The van der Waals surface area contributed by atoms with Crippen molar-refractivity contribution >= 4 is 11.9 Å². The van der Waals surface area contributed by atoms with Crippen molar-refractivity contribution in [3.05, 3.63) is 25.3 Å². The van der Waals surface area contributed by atoms with Crippen LogP contribution in [0.5, 0.6) is 0 Å². The van der Waals surface area contributed by atoms with Crippen molar-refractivity contribution in [1.29, 1.82) is 0 Å². The molecule has 0 spiro atoms. The number of rotatable bonds is 7. The molecule has 1 aliphatic rings. The highest BCUT2D eigenvalue weighted by Gasteiger charge is 2.22. The van der Waals surface area contributed by atoms with Crippen LogP contribution in [-0.2, 0) is 4.79 Å². The quantitative estimate of drug-likeness (QED) is 0.731. The van der Waals surface area contributed by atoms with Crippen LogP contribution in [0.15, 0.2) is 25.3 Å². The third kappa shape index (κ3) is 5.61. The molecule has 5 heteroatoms. The number of urea groups is 1. The van der Waals surface area contributed by atoms with Crippen LogP contribution in [-0.4, -0.2) is 54.0 Å². The molecule has 1 aliphatic heterocycles. The van der Waals surface area contributed by atoms with Crippen molar-refractivity contribution in [2.75, 3.05) is 26.2 Å². The topological polar surface area (TPSA) is 52.7 Å². The number of likely N-dealkylation sites (tertiary alicyclic amines) is 1. The predicted octanol–water partition coefficient (Wildman–Crippen LogP) is 2.16.